The summed E-state index contributed by atoms with van der Waals surface area (Å²) >= 11 is 11.8. The lowest BCUT2D eigenvalue weighted by atomic mass is 10.1. The molecule has 0 aliphatic carbocycles. The molecule has 6 heteroatoms. The Balaban J connectivity index is 1.96. The zero-order valence-electron chi connectivity index (χ0n) is 10.2. The van der Waals surface area contributed by atoms with Gasteiger partial charge in [-0.15, -0.1) is 0 Å². The summed E-state index contributed by atoms with van der Waals surface area (Å²) in [6.45, 7) is 0.718. The predicted molar refractivity (Wildman–Crippen MR) is 77.6 cm³/mol. The van der Waals surface area contributed by atoms with E-state index in [1.54, 1.807) is 12.1 Å². The molecule has 1 aromatic rings. The molecular weight excluding hydrogens is 307 g/mol. The molecule has 0 saturated carbocycles. The first-order valence-corrected chi connectivity index (χ1v) is 8.25. The monoisotopic (exact) mass is 320 g/mol. The molecule has 2 unspecified atom stereocenters. The minimum atomic E-state index is -1.23. The summed E-state index contributed by atoms with van der Waals surface area (Å²) in [5.41, 5.74) is 0.329. The van der Waals surface area contributed by atoms with Gasteiger partial charge >= 0.3 is 0 Å². The van der Waals surface area contributed by atoms with E-state index >= 15 is 0 Å². The van der Waals surface area contributed by atoms with Gasteiger partial charge < -0.3 is 4.74 Å². The number of carbonyl (C=O) groups is 1. The van der Waals surface area contributed by atoms with Crippen LogP contribution >= 0.6 is 23.2 Å². The first kappa shape index (κ1) is 15.0. The van der Waals surface area contributed by atoms with Gasteiger partial charge in [-0.05, 0) is 31.0 Å². The van der Waals surface area contributed by atoms with E-state index in [0.29, 0.717) is 21.4 Å². The van der Waals surface area contributed by atoms with E-state index in [1.165, 1.54) is 6.07 Å². The van der Waals surface area contributed by atoms with E-state index in [2.05, 4.69) is 0 Å². The van der Waals surface area contributed by atoms with Crippen LogP contribution in [0.5, 0.6) is 0 Å². The Morgan fingerprint density at radius 3 is 2.89 bits per heavy atom. The molecule has 104 valence electrons. The van der Waals surface area contributed by atoms with E-state index in [4.69, 9.17) is 27.9 Å². The zero-order chi connectivity index (χ0) is 13.8. The molecule has 1 fully saturated rings. The summed E-state index contributed by atoms with van der Waals surface area (Å²) in [7, 11) is -1.23. The Morgan fingerprint density at radius 1 is 1.42 bits per heavy atom. The quantitative estimate of drug-likeness (QED) is 0.783. The van der Waals surface area contributed by atoms with Crippen LogP contribution in [0.3, 0.4) is 0 Å². The van der Waals surface area contributed by atoms with Crippen molar-refractivity contribution in [2.45, 2.75) is 18.9 Å². The lowest BCUT2D eigenvalue weighted by molar-refractivity contribution is 0.102. The fourth-order valence-electron chi connectivity index (χ4n) is 1.98. The van der Waals surface area contributed by atoms with Crippen LogP contribution in [-0.4, -0.2) is 34.2 Å². The summed E-state index contributed by atoms with van der Waals surface area (Å²) in [5, 5.41) is 0.779. The van der Waals surface area contributed by atoms with Crippen LogP contribution in [0.15, 0.2) is 18.2 Å². The van der Waals surface area contributed by atoms with Crippen molar-refractivity contribution in [3.63, 3.8) is 0 Å². The lowest BCUT2D eigenvalue weighted by Gasteiger charge is -2.09. The third-order valence-electron chi connectivity index (χ3n) is 2.92. The highest BCUT2D eigenvalue weighted by Crippen LogP contribution is 2.21. The molecule has 1 aliphatic heterocycles. The van der Waals surface area contributed by atoms with E-state index in [9.17, 15) is 9.00 Å². The topological polar surface area (TPSA) is 43.4 Å². The van der Waals surface area contributed by atoms with Gasteiger partial charge in [-0.3, -0.25) is 9.00 Å². The summed E-state index contributed by atoms with van der Waals surface area (Å²) in [6.07, 6.45) is 1.93. The molecule has 3 nitrogen and oxygen atoms in total. The van der Waals surface area contributed by atoms with Crippen LogP contribution in [0.2, 0.25) is 10.0 Å². The molecule has 0 spiro atoms. The number of rotatable bonds is 5. The van der Waals surface area contributed by atoms with Crippen molar-refractivity contribution in [1.82, 2.24) is 0 Å². The first-order chi connectivity index (χ1) is 9.06. The molecule has 1 aliphatic rings. The van der Waals surface area contributed by atoms with Gasteiger partial charge in [0.15, 0.2) is 5.78 Å². The van der Waals surface area contributed by atoms with Crippen molar-refractivity contribution in [1.29, 1.82) is 0 Å². The van der Waals surface area contributed by atoms with Crippen molar-refractivity contribution in [3.8, 4) is 0 Å². The third-order valence-corrected chi connectivity index (χ3v) is 4.81. The first-order valence-electron chi connectivity index (χ1n) is 6.01. The Hall–Kier alpha value is -0.420. The van der Waals surface area contributed by atoms with Gasteiger partial charge in [0.25, 0.3) is 0 Å². The summed E-state index contributed by atoms with van der Waals surface area (Å²) in [5.74, 6) is 0.118. The van der Waals surface area contributed by atoms with E-state index in [0.717, 1.165) is 19.4 Å². The average molecular weight is 321 g/mol. The Bertz CT molecular complexity index is 499. The molecule has 19 heavy (non-hydrogen) atoms. The summed E-state index contributed by atoms with van der Waals surface area (Å²) in [6, 6.07) is 4.69. The van der Waals surface area contributed by atoms with Crippen molar-refractivity contribution in [2.75, 3.05) is 18.1 Å². The molecule has 1 saturated heterocycles. The van der Waals surface area contributed by atoms with E-state index < -0.39 is 10.8 Å². The number of carbonyl (C=O) groups excluding carboxylic acids is 1. The molecule has 2 rings (SSSR count). The molecular formula is C13H14Cl2O3S. The number of halogens is 2. The number of Topliss-reactive ketones (excluding diaryl/α,β-unsaturated/α-hetero) is 1. The van der Waals surface area contributed by atoms with Gasteiger partial charge in [0.1, 0.15) is 0 Å². The highest BCUT2D eigenvalue weighted by Gasteiger charge is 2.21. The summed E-state index contributed by atoms with van der Waals surface area (Å²) < 4.78 is 17.3. The van der Waals surface area contributed by atoms with Crippen LogP contribution in [0, 0.1) is 0 Å². The third kappa shape index (κ3) is 4.28. The molecule has 1 aromatic carbocycles. The largest absolute Gasteiger partial charge is 0.377 e. The Kier molecular flexibility index (Phi) is 5.39. The minimum Gasteiger partial charge on any atom is -0.377 e. The zero-order valence-corrected chi connectivity index (χ0v) is 12.6. The molecule has 0 N–H and O–H groups in total. The van der Waals surface area contributed by atoms with Gasteiger partial charge in [-0.25, -0.2) is 0 Å². The van der Waals surface area contributed by atoms with Crippen LogP contribution in [0.4, 0.5) is 0 Å². The van der Waals surface area contributed by atoms with Crippen molar-refractivity contribution < 1.29 is 13.7 Å². The van der Waals surface area contributed by atoms with Gasteiger partial charge in [0, 0.05) is 28.0 Å². The van der Waals surface area contributed by atoms with Crippen LogP contribution in [0.25, 0.3) is 0 Å². The Labute approximate surface area is 124 Å². The second-order valence-electron chi connectivity index (χ2n) is 4.43. The van der Waals surface area contributed by atoms with Crippen LogP contribution in [0.1, 0.15) is 23.2 Å². The molecule has 0 bridgehead atoms. The van der Waals surface area contributed by atoms with Crippen molar-refractivity contribution in [2.24, 2.45) is 0 Å². The standard InChI is InChI=1S/C13H14Cl2O3S/c14-9-3-4-12(15)11(6-9)13(16)8-19(17)7-10-2-1-5-18-10/h3-4,6,10H,1-2,5,7-8H2. The smallest absolute Gasteiger partial charge is 0.176 e. The normalized spacial score (nSPS) is 20.4. The highest BCUT2D eigenvalue weighted by atomic mass is 35.5. The average Bonchev–Trinajstić information content (AvgIpc) is 2.84. The van der Waals surface area contributed by atoms with E-state index in [1.807, 2.05) is 0 Å². The van der Waals surface area contributed by atoms with E-state index in [-0.39, 0.29) is 17.6 Å². The molecule has 1 heterocycles. The number of hydrogen-bond acceptors (Lipinski definition) is 3. The molecule has 0 aromatic heterocycles. The predicted octanol–water partition coefficient (Wildman–Crippen LogP) is 3.10. The van der Waals surface area contributed by atoms with Crippen LogP contribution < -0.4 is 0 Å². The molecule has 0 amide bonds. The number of ether oxygens (including phenoxy) is 1. The lowest BCUT2D eigenvalue weighted by Crippen LogP contribution is -2.21. The number of ketones is 1. The van der Waals surface area contributed by atoms with Crippen molar-refractivity contribution >= 4 is 39.8 Å². The minimum absolute atomic E-state index is 0.0171. The second kappa shape index (κ2) is 6.84. The number of benzene rings is 1. The maximum Gasteiger partial charge on any atom is 0.176 e. The maximum absolute atomic E-state index is 12.0. The van der Waals surface area contributed by atoms with Gasteiger partial charge in [-0.2, -0.15) is 0 Å². The fraction of sp³-hybridized carbons (Fsp3) is 0.462. The SMILES string of the molecule is O=C(CS(=O)CC1CCCO1)c1cc(Cl)ccc1Cl. The van der Waals surface area contributed by atoms with Crippen molar-refractivity contribution in [3.05, 3.63) is 33.8 Å². The summed E-state index contributed by atoms with van der Waals surface area (Å²) in [4.78, 5) is 12.0. The number of hydrogen-bond donors (Lipinski definition) is 0. The Morgan fingerprint density at radius 2 is 2.21 bits per heavy atom. The van der Waals surface area contributed by atoms with Gasteiger partial charge in [0.2, 0.25) is 0 Å². The van der Waals surface area contributed by atoms with Crippen LogP contribution in [-0.2, 0) is 15.5 Å². The maximum atomic E-state index is 12.0. The fourth-order valence-corrected chi connectivity index (χ4v) is 3.62. The highest BCUT2D eigenvalue weighted by molar-refractivity contribution is 7.85. The van der Waals surface area contributed by atoms with Gasteiger partial charge in [-0.1, -0.05) is 23.2 Å². The second-order valence-corrected chi connectivity index (χ2v) is 6.78. The molecule has 0 radical (unpaired) electrons. The molecule has 2 atom stereocenters. The van der Waals surface area contributed by atoms with Gasteiger partial charge in [0.05, 0.1) is 22.6 Å².